The zero-order valence-electron chi connectivity index (χ0n) is 13.8. The summed E-state index contributed by atoms with van der Waals surface area (Å²) in [7, 11) is 1.88. The molecule has 0 aromatic carbocycles. The molecule has 0 spiro atoms. The van der Waals surface area contributed by atoms with Gasteiger partial charge >= 0.3 is 0 Å². The summed E-state index contributed by atoms with van der Waals surface area (Å²) in [5, 5.41) is 8.40. The van der Waals surface area contributed by atoms with Crippen molar-refractivity contribution in [2.45, 2.75) is 12.5 Å². The highest BCUT2D eigenvalue weighted by Gasteiger charge is 2.32. The number of amides is 1. The van der Waals surface area contributed by atoms with Crippen LogP contribution in [0.3, 0.4) is 0 Å². The smallest absolute Gasteiger partial charge is 0.265 e. The first-order valence-electron chi connectivity index (χ1n) is 8.39. The summed E-state index contributed by atoms with van der Waals surface area (Å²) in [4.78, 5) is 22.4. The molecule has 2 aliphatic heterocycles. The molecule has 1 unspecified atom stereocenters. The van der Waals surface area contributed by atoms with E-state index in [2.05, 4.69) is 20.3 Å². The molecule has 2 fully saturated rings. The molecule has 1 amide bonds. The van der Waals surface area contributed by atoms with Crippen molar-refractivity contribution in [3.8, 4) is 10.6 Å². The molecule has 2 saturated heterocycles. The number of hydrogen-bond donors (Lipinski definition) is 1. The molecule has 0 aliphatic carbocycles. The van der Waals surface area contributed by atoms with Crippen LogP contribution in [0.5, 0.6) is 0 Å². The number of nitrogens with one attached hydrogen (secondary N) is 1. The van der Waals surface area contributed by atoms with E-state index < -0.39 is 0 Å². The lowest BCUT2D eigenvalue weighted by atomic mass is 10.2. The zero-order valence-corrected chi connectivity index (χ0v) is 14.6. The van der Waals surface area contributed by atoms with Crippen LogP contribution in [0.1, 0.15) is 16.1 Å². The van der Waals surface area contributed by atoms with Crippen LogP contribution in [-0.2, 0) is 7.05 Å². The summed E-state index contributed by atoms with van der Waals surface area (Å²) in [6, 6.07) is 0.502. The van der Waals surface area contributed by atoms with Crippen LogP contribution in [0.25, 0.3) is 10.6 Å². The fourth-order valence-corrected chi connectivity index (χ4v) is 4.32. The Kier molecular flexibility index (Phi) is 4.34. The van der Waals surface area contributed by atoms with Gasteiger partial charge in [-0.05, 0) is 6.42 Å². The number of aromatic nitrogens is 3. The number of aryl methyl sites for hydroxylation is 1. The number of likely N-dealkylation sites (tertiary alicyclic amines) is 1. The molecule has 2 aliphatic rings. The Morgan fingerprint density at radius 2 is 2.12 bits per heavy atom. The highest BCUT2D eigenvalue weighted by atomic mass is 32.1. The standard InChI is InChI=1S/C16H22N6OS/c1-20-10-12(8-19-20)15-18-9-14(24-15)16(23)22-5-2-13(11-22)21-6-3-17-4-7-21/h8-10,13,17H,2-7,11H2,1H3. The third kappa shape index (κ3) is 3.09. The second kappa shape index (κ2) is 6.62. The van der Waals surface area contributed by atoms with Gasteiger partial charge in [0.05, 0.1) is 12.4 Å². The normalized spacial score (nSPS) is 22.2. The van der Waals surface area contributed by atoms with E-state index >= 15 is 0 Å². The van der Waals surface area contributed by atoms with Gasteiger partial charge in [-0.15, -0.1) is 11.3 Å². The second-order valence-corrected chi connectivity index (χ2v) is 7.44. The number of carbonyl (C=O) groups excluding carboxylic acids is 1. The topological polar surface area (TPSA) is 66.3 Å². The van der Waals surface area contributed by atoms with E-state index in [-0.39, 0.29) is 5.91 Å². The van der Waals surface area contributed by atoms with Crippen LogP contribution in [0.2, 0.25) is 0 Å². The number of rotatable bonds is 3. The van der Waals surface area contributed by atoms with Gasteiger partial charge in [0.15, 0.2) is 0 Å². The fourth-order valence-electron chi connectivity index (χ4n) is 3.47. The number of piperazine rings is 1. The number of nitrogens with zero attached hydrogens (tertiary/aromatic N) is 5. The van der Waals surface area contributed by atoms with Gasteiger partial charge in [0.2, 0.25) is 0 Å². The first-order chi connectivity index (χ1) is 11.7. The van der Waals surface area contributed by atoms with Gasteiger partial charge in [-0.3, -0.25) is 14.4 Å². The number of thiazole rings is 1. The summed E-state index contributed by atoms with van der Waals surface area (Å²) in [6.45, 7) is 5.94. The molecule has 128 valence electrons. The first-order valence-corrected chi connectivity index (χ1v) is 9.21. The fraction of sp³-hybridized carbons (Fsp3) is 0.562. The molecule has 2 aromatic rings. The van der Waals surface area contributed by atoms with Crippen molar-refractivity contribution < 1.29 is 4.79 Å². The molecule has 0 saturated carbocycles. The molecule has 4 heterocycles. The molecule has 8 heteroatoms. The van der Waals surface area contributed by atoms with Crippen molar-refractivity contribution in [1.82, 2.24) is 29.9 Å². The van der Waals surface area contributed by atoms with Gasteiger partial charge in [-0.2, -0.15) is 5.10 Å². The van der Waals surface area contributed by atoms with E-state index in [0.29, 0.717) is 6.04 Å². The largest absolute Gasteiger partial charge is 0.336 e. The van der Waals surface area contributed by atoms with Crippen LogP contribution in [-0.4, -0.2) is 75.8 Å². The number of carbonyl (C=O) groups is 1. The highest BCUT2D eigenvalue weighted by molar-refractivity contribution is 7.16. The minimum absolute atomic E-state index is 0.111. The molecule has 1 atom stereocenters. The van der Waals surface area contributed by atoms with E-state index in [1.807, 2.05) is 18.1 Å². The van der Waals surface area contributed by atoms with Crippen molar-refractivity contribution in [3.63, 3.8) is 0 Å². The van der Waals surface area contributed by atoms with Gasteiger partial charge in [0.1, 0.15) is 9.88 Å². The van der Waals surface area contributed by atoms with Crippen LogP contribution in [0.15, 0.2) is 18.6 Å². The van der Waals surface area contributed by atoms with Crippen LogP contribution >= 0.6 is 11.3 Å². The van der Waals surface area contributed by atoms with Gasteiger partial charge in [-0.1, -0.05) is 0 Å². The highest BCUT2D eigenvalue weighted by Crippen LogP contribution is 2.27. The molecular formula is C16H22N6OS. The SMILES string of the molecule is Cn1cc(-c2ncc(C(=O)N3CCC(N4CCNCC4)C3)s2)cn1. The lowest BCUT2D eigenvalue weighted by Crippen LogP contribution is -2.49. The van der Waals surface area contributed by atoms with Crippen LogP contribution in [0.4, 0.5) is 0 Å². The Bertz CT molecular complexity index is 720. The van der Waals surface area contributed by atoms with Crippen molar-refractivity contribution in [2.24, 2.45) is 7.05 Å². The lowest BCUT2D eigenvalue weighted by molar-refractivity contribution is 0.0778. The summed E-state index contributed by atoms with van der Waals surface area (Å²) in [5.41, 5.74) is 0.960. The number of hydrogen-bond acceptors (Lipinski definition) is 6. The summed E-state index contributed by atoms with van der Waals surface area (Å²) < 4.78 is 1.75. The summed E-state index contributed by atoms with van der Waals surface area (Å²) >= 11 is 1.45. The van der Waals surface area contributed by atoms with E-state index in [1.165, 1.54) is 11.3 Å². The Balaban J connectivity index is 1.42. The predicted molar refractivity (Wildman–Crippen MR) is 93.1 cm³/mol. The average molecular weight is 346 g/mol. The first kappa shape index (κ1) is 15.7. The second-order valence-electron chi connectivity index (χ2n) is 6.41. The molecule has 0 bridgehead atoms. The third-order valence-corrected chi connectivity index (χ3v) is 5.82. The zero-order chi connectivity index (χ0) is 16.5. The quantitative estimate of drug-likeness (QED) is 0.885. The van der Waals surface area contributed by atoms with E-state index in [4.69, 9.17) is 0 Å². The van der Waals surface area contributed by atoms with Crippen molar-refractivity contribution in [2.75, 3.05) is 39.3 Å². The summed E-state index contributed by atoms with van der Waals surface area (Å²) in [5.74, 6) is 0.111. The monoisotopic (exact) mass is 346 g/mol. The van der Waals surface area contributed by atoms with E-state index in [1.54, 1.807) is 17.1 Å². The Morgan fingerprint density at radius 1 is 1.29 bits per heavy atom. The molecule has 0 radical (unpaired) electrons. The maximum Gasteiger partial charge on any atom is 0.265 e. The van der Waals surface area contributed by atoms with Crippen molar-refractivity contribution >= 4 is 17.2 Å². The minimum atomic E-state index is 0.111. The van der Waals surface area contributed by atoms with Gasteiger partial charge in [-0.25, -0.2) is 4.98 Å². The predicted octanol–water partition coefficient (Wildman–Crippen LogP) is 0.663. The maximum absolute atomic E-state index is 12.8. The Morgan fingerprint density at radius 3 is 2.88 bits per heavy atom. The average Bonchev–Trinajstić information content (AvgIpc) is 3.35. The molecule has 24 heavy (non-hydrogen) atoms. The molecule has 1 N–H and O–H groups in total. The molecule has 7 nitrogen and oxygen atoms in total. The molecule has 2 aromatic heterocycles. The molecule has 4 rings (SSSR count). The lowest BCUT2D eigenvalue weighted by Gasteiger charge is -2.32. The maximum atomic E-state index is 12.8. The Labute approximate surface area is 145 Å². The van der Waals surface area contributed by atoms with E-state index in [9.17, 15) is 4.79 Å². The van der Waals surface area contributed by atoms with E-state index in [0.717, 1.165) is 61.1 Å². The minimum Gasteiger partial charge on any atom is -0.336 e. The molecular weight excluding hydrogens is 324 g/mol. The van der Waals surface area contributed by atoms with Crippen LogP contribution < -0.4 is 5.32 Å². The van der Waals surface area contributed by atoms with Gasteiger partial charge in [0, 0.05) is 64.1 Å². The van der Waals surface area contributed by atoms with Crippen LogP contribution in [0, 0.1) is 0 Å². The van der Waals surface area contributed by atoms with Gasteiger partial charge in [0.25, 0.3) is 5.91 Å². The van der Waals surface area contributed by atoms with Crippen molar-refractivity contribution in [3.05, 3.63) is 23.5 Å². The third-order valence-electron chi connectivity index (χ3n) is 4.79. The van der Waals surface area contributed by atoms with Gasteiger partial charge < -0.3 is 10.2 Å². The Hall–Kier alpha value is -1.77. The summed E-state index contributed by atoms with van der Waals surface area (Å²) in [6.07, 6.45) is 6.47. The van der Waals surface area contributed by atoms with Crippen molar-refractivity contribution in [1.29, 1.82) is 0 Å².